The number of carbonyl (C=O) groups excluding carboxylic acids is 1. The Bertz CT molecular complexity index is 642. The molecule has 0 aliphatic carbocycles. The summed E-state index contributed by atoms with van der Waals surface area (Å²) in [5.74, 6) is 0.0406. The van der Waals surface area contributed by atoms with Crippen LogP contribution >= 0.6 is 0 Å². The summed E-state index contributed by atoms with van der Waals surface area (Å²) in [7, 11) is 0. The van der Waals surface area contributed by atoms with Crippen LogP contribution in [0.15, 0.2) is 42.5 Å². The summed E-state index contributed by atoms with van der Waals surface area (Å²) in [6.45, 7) is 6.95. The Balaban J connectivity index is 1.92. The highest BCUT2D eigenvalue weighted by atomic mass is 16.1. The predicted octanol–water partition coefficient (Wildman–Crippen LogP) is 4.56. The second kappa shape index (κ2) is 8.37. The minimum absolute atomic E-state index is 0.0406. The van der Waals surface area contributed by atoms with E-state index in [4.69, 9.17) is 0 Å². The van der Waals surface area contributed by atoms with E-state index in [1.165, 1.54) is 16.8 Å². The standard InChI is InChI=1S/C20H26N2O/c1-4-16-10-8-11-17(5-2)20(16)21-14-13-19(23)22-18-12-7-6-9-15(18)3/h6-12,21H,4-5,13-14H2,1-3H3,(H,22,23). The molecule has 0 bridgehead atoms. The van der Waals surface area contributed by atoms with Crippen LogP contribution in [0.4, 0.5) is 11.4 Å². The first kappa shape index (κ1) is 17.1. The summed E-state index contributed by atoms with van der Waals surface area (Å²) in [5.41, 5.74) is 5.78. The first-order chi connectivity index (χ1) is 11.2. The molecule has 2 N–H and O–H groups in total. The normalized spacial score (nSPS) is 10.4. The highest BCUT2D eigenvalue weighted by molar-refractivity contribution is 5.91. The maximum absolute atomic E-state index is 12.1. The van der Waals surface area contributed by atoms with Gasteiger partial charge in [0.15, 0.2) is 0 Å². The van der Waals surface area contributed by atoms with Crippen LogP contribution in [0.25, 0.3) is 0 Å². The fourth-order valence-corrected chi connectivity index (χ4v) is 2.70. The van der Waals surface area contributed by atoms with Crippen molar-refractivity contribution in [3.8, 4) is 0 Å². The molecule has 1 amide bonds. The highest BCUT2D eigenvalue weighted by Gasteiger charge is 2.08. The van der Waals surface area contributed by atoms with Gasteiger partial charge in [0.25, 0.3) is 0 Å². The molecule has 0 aliphatic heterocycles. The zero-order valence-electron chi connectivity index (χ0n) is 14.3. The smallest absolute Gasteiger partial charge is 0.226 e. The molecule has 0 saturated carbocycles. The molecule has 23 heavy (non-hydrogen) atoms. The number of nitrogens with one attached hydrogen (secondary N) is 2. The molecule has 0 radical (unpaired) electrons. The van der Waals surface area contributed by atoms with Gasteiger partial charge >= 0.3 is 0 Å². The van der Waals surface area contributed by atoms with Gasteiger partial charge in [0.1, 0.15) is 0 Å². The van der Waals surface area contributed by atoms with Gasteiger partial charge in [0.2, 0.25) is 5.91 Å². The van der Waals surface area contributed by atoms with E-state index in [9.17, 15) is 4.79 Å². The number of para-hydroxylation sites is 2. The molecule has 2 rings (SSSR count). The van der Waals surface area contributed by atoms with Crippen LogP contribution in [0.1, 0.15) is 37.0 Å². The Morgan fingerprint density at radius 1 is 0.957 bits per heavy atom. The van der Waals surface area contributed by atoms with Crippen LogP contribution in [-0.4, -0.2) is 12.5 Å². The number of aryl methyl sites for hydroxylation is 3. The van der Waals surface area contributed by atoms with Crippen LogP contribution in [0.2, 0.25) is 0 Å². The molecule has 0 unspecified atom stereocenters. The van der Waals surface area contributed by atoms with Crippen LogP contribution in [0, 0.1) is 6.92 Å². The summed E-state index contributed by atoms with van der Waals surface area (Å²) < 4.78 is 0. The van der Waals surface area contributed by atoms with Gasteiger partial charge in [0.05, 0.1) is 0 Å². The predicted molar refractivity (Wildman–Crippen MR) is 98.1 cm³/mol. The van der Waals surface area contributed by atoms with Gasteiger partial charge in [-0.05, 0) is 42.5 Å². The lowest BCUT2D eigenvalue weighted by atomic mass is 10.0. The van der Waals surface area contributed by atoms with Crippen molar-refractivity contribution in [2.45, 2.75) is 40.0 Å². The maximum atomic E-state index is 12.1. The minimum atomic E-state index is 0.0406. The second-order valence-electron chi connectivity index (χ2n) is 5.70. The SMILES string of the molecule is CCc1cccc(CC)c1NCCC(=O)Nc1ccccc1C. The largest absolute Gasteiger partial charge is 0.384 e. The number of carbonyl (C=O) groups is 1. The molecule has 2 aromatic rings. The topological polar surface area (TPSA) is 41.1 Å². The molecule has 3 heteroatoms. The summed E-state index contributed by atoms with van der Waals surface area (Å²) in [4.78, 5) is 12.1. The Morgan fingerprint density at radius 2 is 1.61 bits per heavy atom. The lowest BCUT2D eigenvalue weighted by molar-refractivity contribution is -0.115. The fraction of sp³-hybridized carbons (Fsp3) is 0.350. The van der Waals surface area contributed by atoms with Crippen molar-refractivity contribution in [1.29, 1.82) is 0 Å². The van der Waals surface area contributed by atoms with Crippen LogP contribution in [0.3, 0.4) is 0 Å². The zero-order chi connectivity index (χ0) is 16.7. The fourth-order valence-electron chi connectivity index (χ4n) is 2.70. The average molecular weight is 310 g/mol. The Hall–Kier alpha value is -2.29. The van der Waals surface area contributed by atoms with E-state index in [0.29, 0.717) is 13.0 Å². The van der Waals surface area contributed by atoms with Gasteiger partial charge in [-0.15, -0.1) is 0 Å². The third kappa shape index (κ3) is 4.59. The third-order valence-electron chi connectivity index (χ3n) is 4.07. The van der Waals surface area contributed by atoms with Gasteiger partial charge in [-0.25, -0.2) is 0 Å². The first-order valence-electron chi connectivity index (χ1n) is 8.35. The maximum Gasteiger partial charge on any atom is 0.226 e. The van der Waals surface area contributed by atoms with Crippen molar-refractivity contribution in [2.75, 3.05) is 17.2 Å². The van der Waals surface area contributed by atoms with Crippen molar-refractivity contribution in [2.24, 2.45) is 0 Å². The number of rotatable bonds is 7. The number of amides is 1. The zero-order valence-corrected chi connectivity index (χ0v) is 14.3. The quantitative estimate of drug-likeness (QED) is 0.787. The van der Waals surface area contributed by atoms with Crippen molar-refractivity contribution >= 4 is 17.3 Å². The number of benzene rings is 2. The van der Waals surface area contributed by atoms with E-state index in [2.05, 4.69) is 42.7 Å². The summed E-state index contributed by atoms with van der Waals surface area (Å²) in [6.07, 6.45) is 2.44. The van der Waals surface area contributed by atoms with Crippen molar-refractivity contribution in [3.63, 3.8) is 0 Å². The molecule has 3 nitrogen and oxygen atoms in total. The molecule has 0 heterocycles. The molecule has 0 aromatic heterocycles. The molecule has 0 atom stereocenters. The van der Waals surface area contributed by atoms with Crippen molar-refractivity contribution in [1.82, 2.24) is 0 Å². The Labute approximate surface area is 139 Å². The minimum Gasteiger partial charge on any atom is -0.384 e. The average Bonchev–Trinajstić information content (AvgIpc) is 2.57. The van der Waals surface area contributed by atoms with Gasteiger partial charge < -0.3 is 10.6 Å². The lowest BCUT2D eigenvalue weighted by Gasteiger charge is -2.15. The summed E-state index contributed by atoms with van der Waals surface area (Å²) in [6, 6.07) is 14.2. The van der Waals surface area contributed by atoms with E-state index in [1.54, 1.807) is 0 Å². The van der Waals surface area contributed by atoms with Gasteiger partial charge in [0, 0.05) is 24.3 Å². The number of hydrogen-bond donors (Lipinski definition) is 2. The molecule has 0 spiro atoms. The van der Waals surface area contributed by atoms with Gasteiger partial charge in [-0.1, -0.05) is 50.2 Å². The van der Waals surface area contributed by atoms with E-state index in [0.717, 1.165) is 24.1 Å². The molecule has 0 aliphatic rings. The van der Waals surface area contributed by atoms with Gasteiger partial charge in [-0.2, -0.15) is 0 Å². The van der Waals surface area contributed by atoms with E-state index >= 15 is 0 Å². The van der Waals surface area contributed by atoms with Crippen molar-refractivity contribution in [3.05, 3.63) is 59.2 Å². The van der Waals surface area contributed by atoms with E-state index in [-0.39, 0.29) is 5.91 Å². The monoisotopic (exact) mass is 310 g/mol. The molecule has 122 valence electrons. The molecule has 0 fully saturated rings. The second-order valence-corrected chi connectivity index (χ2v) is 5.70. The highest BCUT2D eigenvalue weighted by Crippen LogP contribution is 2.22. The van der Waals surface area contributed by atoms with Crippen LogP contribution < -0.4 is 10.6 Å². The lowest BCUT2D eigenvalue weighted by Crippen LogP contribution is -2.17. The summed E-state index contributed by atoms with van der Waals surface area (Å²) >= 11 is 0. The number of anilines is 2. The van der Waals surface area contributed by atoms with Crippen LogP contribution in [-0.2, 0) is 17.6 Å². The Morgan fingerprint density at radius 3 is 2.22 bits per heavy atom. The number of hydrogen-bond acceptors (Lipinski definition) is 2. The van der Waals surface area contributed by atoms with E-state index in [1.807, 2.05) is 31.2 Å². The molecule has 0 saturated heterocycles. The van der Waals surface area contributed by atoms with Crippen LogP contribution in [0.5, 0.6) is 0 Å². The molecule has 2 aromatic carbocycles. The van der Waals surface area contributed by atoms with Gasteiger partial charge in [-0.3, -0.25) is 4.79 Å². The van der Waals surface area contributed by atoms with Crippen molar-refractivity contribution < 1.29 is 4.79 Å². The summed E-state index contributed by atoms with van der Waals surface area (Å²) in [5, 5.41) is 6.43. The third-order valence-corrected chi connectivity index (χ3v) is 4.07. The first-order valence-corrected chi connectivity index (χ1v) is 8.35. The molecular formula is C20H26N2O. The Kier molecular flexibility index (Phi) is 6.21. The molecular weight excluding hydrogens is 284 g/mol. The van der Waals surface area contributed by atoms with E-state index < -0.39 is 0 Å².